The highest BCUT2D eigenvalue weighted by Crippen LogP contribution is 2.32. The molecule has 0 radical (unpaired) electrons. The van der Waals surface area contributed by atoms with Crippen LogP contribution in [0.15, 0.2) is 18.2 Å². The number of methoxy groups -OCH3 is 2. The minimum Gasteiger partial charge on any atom is -0.493 e. The second kappa shape index (κ2) is 8.35. The van der Waals surface area contributed by atoms with E-state index >= 15 is 0 Å². The van der Waals surface area contributed by atoms with Crippen molar-refractivity contribution < 1.29 is 23.7 Å². The Hall–Kier alpha value is -1.79. The maximum absolute atomic E-state index is 12.4. The number of ether oxygens (including phenoxy) is 4. The van der Waals surface area contributed by atoms with Gasteiger partial charge in [-0.1, -0.05) is 19.9 Å². The molecule has 0 aromatic heterocycles. The van der Waals surface area contributed by atoms with Crippen LogP contribution in [-0.2, 0) is 9.47 Å². The quantitative estimate of drug-likeness (QED) is 0.739. The highest BCUT2D eigenvalue weighted by molar-refractivity contribution is 5.97. The van der Waals surface area contributed by atoms with Gasteiger partial charge in [0.05, 0.1) is 33.0 Å². The first-order valence-electron chi connectivity index (χ1n) is 8.22. The maximum Gasteiger partial charge on any atom is 0.255 e. The van der Waals surface area contributed by atoms with Crippen LogP contribution in [0.25, 0.3) is 0 Å². The Morgan fingerprint density at radius 1 is 1.25 bits per heavy atom. The molecule has 0 saturated carbocycles. The predicted molar refractivity (Wildman–Crippen MR) is 90.6 cm³/mol. The molecule has 0 aliphatic carbocycles. The van der Waals surface area contributed by atoms with Crippen molar-refractivity contribution in [1.82, 2.24) is 5.32 Å². The fourth-order valence-electron chi connectivity index (χ4n) is 2.83. The molecule has 0 spiro atoms. The van der Waals surface area contributed by atoms with E-state index in [1.165, 1.54) is 7.11 Å². The number of rotatable bonds is 8. The maximum atomic E-state index is 12.4. The minimum atomic E-state index is -0.170. The molecule has 0 atom stereocenters. The Kier molecular flexibility index (Phi) is 6.45. The minimum absolute atomic E-state index is 0.0745. The van der Waals surface area contributed by atoms with Gasteiger partial charge in [0.2, 0.25) is 0 Å². The van der Waals surface area contributed by atoms with E-state index < -0.39 is 0 Å². The monoisotopic (exact) mass is 337 g/mol. The van der Waals surface area contributed by atoms with Crippen molar-refractivity contribution in [2.24, 2.45) is 5.41 Å². The van der Waals surface area contributed by atoms with Crippen molar-refractivity contribution in [2.45, 2.75) is 33.0 Å². The Bertz CT molecular complexity index is 552. The molecule has 0 bridgehead atoms. The van der Waals surface area contributed by atoms with Gasteiger partial charge in [-0.05, 0) is 25.0 Å². The Morgan fingerprint density at radius 2 is 1.96 bits per heavy atom. The smallest absolute Gasteiger partial charge is 0.255 e. The number of hydrogen-bond acceptors (Lipinski definition) is 5. The fraction of sp³-hybridized carbons (Fsp3) is 0.611. The van der Waals surface area contributed by atoms with Crippen LogP contribution in [0.4, 0.5) is 0 Å². The molecule has 6 nitrogen and oxygen atoms in total. The number of para-hydroxylation sites is 1. The number of nitrogens with one attached hydrogen (secondary N) is 1. The normalized spacial score (nSPS) is 15.3. The molecule has 134 valence electrons. The highest BCUT2D eigenvalue weighted by atomic mass is 16.7. The van der Waals surface area contributed by atoms with E-state index in [0.29, 0.717) is 36.8 Å². The van der Waals surface area contributed by atoms with Gasteiger partial charge in [-0.25, -0.2) is 0 Å². The summed E-state index contributed by atoms with van der Waals surface area (Å²) in [5, 5.41) is 2.93. The molecule has 1 fully saturated rings. The molecular weight excluding hydrogens is 310 g/mol. The summed E-state index contributed by atoms with van der Waals surface area (Å²) in [5.74, 6) is 0.823. The van der Waals surface area contributed by atoms with Gasteiger partial charge in [-0.3, -0.25) is 4.79 Å². The summed E-state index contributed by atoms with van der Waals surface area (Å²) in [6.45, 7) is 6.13. The molecule has 1 aromatic rings. The fourth-order valence-corrected chi connectivity index (χ4v) is 2.83. The van der Waals surface area contributed by atoms with Crippen LogP contribution in [0.1, 0.15) is 37.0 Å². The summed E-state index contributed by atoms with van der Waals surface area (Å²) in [6.07, 6.45) is 1.58. The number of carbonyl (C=O) groups is 1. The van der Waals surface area contributed by atoms with Crippen molar-refractivity contribution in [1.29, 1.82) is 0 Å². The van der Waals surface area contributed by atoms with Crippen molar-refractivity contribution in [3.63, 3.8) is 0 Å². The van der Waals surface area contributed by atoms with Crippen LogP contribution >= 0.6 is 0 Å². The van der Waals surface area contributed by atoms with E-state index in [4.69, 9.17) is 18.9 Å². The van der Waals surface area contributed by atoms with E-state index in [2.05, 4.69) is 19.2 Å². The van der Waals surface area contributed by atoms with E-state index in [-0.39, 0.29) is 17.6 Å². The van der Waals surface area contributed by atoms with Crippen molar-refractivity contribution in [3.05, 3.63) is 23.8 Å². The van der Waals surface area contributed by atoms with Gasteiger partial charge in [0, 0.05) is 12.0 Å². The van der Waals surface area contributed by atoms with Gasteiger partial charge in [-0.2, -0.15) is 0 Å². The van der Waals surface area contributed by atoms with E-state index in [1.54, 1.807) is 25.3 Å². The average Bonchev–Trinajstić information content (AvgIpc) is 3.13. The second-order valence-electron chi connectivity index (χ2n) is 6.46. The molecule has 1 amide bonds. The summed E-state index contributed by atoms with van der Waals surface area (Å²) >= 11 is 0. The Morgan fingerprint density at radius 3 is 2.58 bits per heavy atom. The van der Waals surface area contributed by atoms with E-state index in [0.717, 1.165) is 12.8 Å². The highest BCUT2D eigenvalue weighted by Gasteiger charge is 2.33. The topological polar surface area (TPSA) is 66.0 Å². The molecule has 1 heterocycles. The summed E-state index contributed by atoms with van der Waals surface area (Å²) in [6, 6.07) is 5.26. The predicted octanol–water partition coefficient (Wildman–Crippen LogP) is 2.61. The molecule has 6 heteroatoms. The third-order valence-corrected chi connectivity index (χ3v) is 4.19. The van der Waals surface area contributed by atoms with Gasteiger partial charge in [-0.15, -0.1) is 0 Å². The molecule has 1 aliphatic rings. The zero-order valence-corrected chi connectivity index (χ0v) is 14.9. The van der Waals surface area contributed by atoms with Crippen LogP contribution in [0, 0.1) is 5.41 Å². The zero-order valence-electron chi connectivity index (χ0n) is 14.9. The van der Waals surface area contributed by atoms with Crippen LogP contribution in [-0.4, -0.2) is 46.2 Å². The third kappa shape index (κ3) is 4.39. The molecule has 24 heavy (non-hydrogen) atoms. The van der Waals surface area contributed by atoms with Crippen LogP contribution < -0.4 is 14.8 Å². The molecule has 1 aliphatic heterocycles. The van der Waals surface area contributed by atoms with Crippen LogP contribution in [0.5, 0.6) is 11.5 Å². The third-order valence-electron chi connectivity index (χ3n) is 4.19. The van der Waals surface area contributed by atoms with Crippen molar-refractivity contribution in [2.75, 3.05) is 34.0 Å². The van der Waals surface area contributed by atoms with Gasteiger partial charge in [0.1, 0.15) is 0 Å². The Labute approximate surface area is 143 Å². The largest absolute Gasteiger partial charge is 0.493 e. The van der Waals surface area contributed by atoms with E-state index in [1.807, 2.05) is 0 Å². The summed E-state index contributed by atoms with van der Waals surface area (Å²) in [7, 11) is 3.08. The lowest BCUT2D eigenvalue weighted by Crippen LogP contribution is -2.32. The molecule has 1 aromatic carbocycles. The van der Waals surface area contributed by atoms with Gasteiger partial charge >= 0.3 is 0 Å². The second-order valence-corrected chi connectivity index (χ2v) is 6.46. The first-order chi connectivity index (χ1) is 11.5. The first-order valence-corrected chi connectivity index (χ1v) is 8.22. The number of amides is 1. The van der Waals surface area contributed by atoms with Gasteiger partial charge in [0.25, 0.3) is 5.91 Å². The summed E-state index contributed by atoms with van der Waals surface area (Å²) in [5.41, 5.74) is 0.396. The van der Waals surface area contributed by atoms with Gasteiger partial charge in [0.15, 0.2) is 17.8 Å². The molecule has 2 rings (SSSR count). The lowest BCUT2D eigenvalue weighted by Gasteiger charge is -2.29. The van der Waals surface area contributed by atoms with Crippen LogP contribution in [0.2, 0.25) is 0 Å². The summed E-state index contributed by atoms with van der Waals surface area (Å²) < 4.78 is 21.7. The molecule has 1 saturated heterocycles. The van der Waals surface area contributed by atoms with E-state index in [9.17, 15) is 4.79 Å². The molecule has 0 unspecified atom stereocenters. The van der Waals surface area contributed by atoms with Crippen molar-refractivity contribution in [3.8, 4) is 11.5 Å². The van der Waals surface area contributed by atoms with Crippen LogP contribution in [0.3, 0.4) is 0 Å². The molecule has 1 N–H and O–H groups in total. The lowest BCUT2D eigenvalue weighted by molar-refractivity contribution is -0.122. The lowest BCUT2D eigenvalue weighted by atomic mass is 9.87. The number of benzene rings is 1. The average molecular weight is 337 g/mol. The SMILES string of the molecule is COc1cccc(C(=O)NCCCC(C)(C)C2OCCO2)c1OC. The number of hydrogen-bond donors (Lipinski definition) is 1. The summed E-state index contributed by atoms with van der Waals surface area (Å²) in [4.78, 5) is 12.4. The van der Waals surface area contributed by atoms with Gasteiger partial charge < -0.3 is 24.3 Å². The first kappa shape index (κ1) is 18.5. The number of carbonyl (C=O) groups excluding carboxylic acids is 1. The Balaban J connectivity index is 1.85. The zero-order chi connectivity index (χ0) is 17.6. The van der Waals surface area contributed by atoms with Crippen molar-refractivity contribution >= 4 is 5.91 Å². The standard InChI is InChI=1S/C18H27NO5/c1-18(2,17-23-11-12-24-17)9-6-10-19-16(20)13-7-5-8-14(21-3)15(13)22-4/h5,7-8,17H,6,9-12H2,1-4H3,(H,19,20). The molecular formula is C18H27NO5.